The van der Waals surface area contributed by atoms with Gasteiger partial charge >= 0.3 is 0 Å². The number of thioether (sulfide) groups is 1. The molecule has 2 N–H and O–H groups in total. The number of hydrogen-bond acceptors (Lipinski definition) is 3. The van der Waals surface area contributed by atoms with Gasteiger partial charge in [0.15, 0.2) is 0 Å². The average molecular weight is 191 g/mol. The molecule has 1 atom stereocenters. The highest BCUT2D eigenvalue weighted by atomic mass is 32.2. The Kier molecular flexibility index (Phi) is 8.07. The van der Waals surface area contributed by atoms with E-state index in [0.717, 1.165) is 18.8 Å². The first-order valence-electron chi connectivity index (χ1n) is 4.64. The standard InChI is InChI=1S/C9H21NOS/c1-4-11-9(7-10)5-6-12-8(2)3/h8-9H,4-7,10H2,1-3H3. The van der Waals surface area contributed by atoms with Crippen molar-refractivity contribution in [1.82, 2.24) is 0 Å². The van der Waals surface area contributed by atoms with Gasteiger partial charge in [-0.3, -0.25) is 0 Å². The van der Waals surface area contributed by atoms with Crippen molar-refractivity contribution in [3.8, 4) is 0 Å². The second kappa shape index (κ2) is 7.90. The van der Waals surface area contributed by atoms with Crippen molar-refractivity contribution in [2.45, 2.75) is 38.5 Å². The van der Waals surface area contributed by atoms with Crippen molar-refractivity contribution >= 4 is 11.8 Å². The summed E-state index contributed by atoms with van der Waals surface area (Å²) in [5.41, 5.74) is 5.54. The maximum atomic E-state index is 5.54. The number of nitrogens with two attached hydrogens (primary N) is 1. The fourth-order valence-electron chi connectivity index (χ4n) is 0.940. The van der Waals surface area contributed by atoms with Gasteiger partial charge in [0.2, 0.25) is 0 Å². The van der Waals surface area contributed by atoms with Crippen LogP contribution in [-0.4, -0.2) is 30.3 Å². The number of rotatable bonds is 7. The largest absolute Gasteiger partial charge is 0.377 e. The SMILES string of the molecule is CCOC(CN)CCSC(C)C. The molecule has 0 bridgehead atoms. The quantitative estimate of drug-likeness (QED) is 0.667. The first-order chi connectivity index (χ1) is 5.70. The van der Waals surface area contributed by atoms with Gasteiger partial charge in [-0.1, -0.05) is 13.8 Å². The van der Waals surface area contributed by atoms with Gasteiger partial charge in [0, 0.05) is 13.2 Å². The number of hydrogen-bond donors (Lipinski definition) is 1. The average Bonchev–Trinajstić information content (AvgIpc) is 2.02. The van der Waals surface area contributed by atoms with Crippen LogP contribution in [0.2, 0.25) is 0 Å². The summed E-state index contributed by atoms with van der Waals surface area (Å²) in [6.45, 7) is 7.85. The van der Waals surface area contributed by atoms with Gasteiger partial charge in [-0.05, 0) is 24.3 Å². The molecule has 0 aliphatic carbocycles. The van der Waals surface area contributed by atoms with Crippen molar-refractivity contribution in [2.24, 2.45) is 5.73 Å². The van der Waals surface area contributed by atoms with Crippen LogP contribution in [0.5, 0.6) is 0 Å². The van der Waals surface area contributed by atoms with Crippen LogP contribution in [0.4, 0.5) is 0 Å². The van der Waals surface area contributed by atoms with Gasteiger partial charge in [0.05, 0.1) is 6.10 Å². The van der Waals surface area contributed by atoms with Crippen LogP contribution in [0.25, 0.3) is 0 Å². The normalized spacial score (nSPS) is 13.8. The van der Waals surface area contributed by atoms with E-state index in [1.54, 1.807) is 0 Å². The number of ether oxygens (including phenoxy) is 1. The van der Waals surface area contributed by atoms with E-state index in [1.807, 2.05) is 18.7 Å². The highest BCUT2D eigenvalue weighted by Gasteiger charge is 2.05. The van der Waals surface area contributed by atoms with E-state index in [4.69, 9.17) is 10.5 Å². The lowest BCUT2D eigenvalue weighted by molar-refractivity contribution is 0.0674. The fraction of sp³-hybridized carbons (Fsp3) is 1.00. The molecule has 0 aromatic heterocycles. The first kappa shape index (κ1) is 12.3. The molecule has 0 spiro atoms. The summed E-state index contributed by atoms with van der Waals surface area (Å²) in [6.07, 6.45) is 1.34. The van der Waals surface area contributed by atoms with Gasteiger partial charge in [-0.15, -0.1) is 0 Å². The third kappa shape index (κ3) is 6.95. The zero-order valence-electron chi connectivity index (χ0n) is 8.38. The monoisotopic (exact) mass is 191 g/mol. The minimum atomic E-state index is 0.265. The van der Waals surface area contributed by atoms with Crippen molar-refractivity contribution in [3.63, 3.8) is 0 Å². The molecule has 74 valence electrons. The summed E-state index contributed by atoms with van der Waals surface area (Å²) in [7, 11) is 0. The van der Waals surface area contributed by atoms with Crippen LogP contribution in [0, 0.1) is 0 Å². The van der Waals surface area contributed by atoms with Gasteiger partial charge < -0.3 is 10.5 Å². The highest BCUT2D eigenvalue weighted by Crippen LogP contribution is 2.12. The molecule has 1 unspecified atom stereocenters. The van der Waals surface area contributed by atoms with Crippen molar-refractivity contribution < 1.29 is 4.74 Å². The zero-order chi connectivity index (χ0) is 9.40. The van der Waals surface area contributed by atoms with E-state index in [0.29, 0.717) is 11.8 Å². The summed E-state index contributed by atoms with van der Waals surface area (Å²) >= 11 is 1.97. The van der Waals surface area contributed by atoms with E-state index in [2.05, 4.69) is 13.8 Å². The molecule has 0 saturated carbocycles. The molecular formula is C9H21NOS. The molecule has 12 heavy (non-hydrogen) atoms. The lowest BCUT2D eigenvalue weighted by atomic mass is 10.3. The Morgan fingerprint density at radius 3 is 2.50 bits per heavy atom. The molecule has 0 heterocycles. The smallest absolute Gasteiger partial charge is 0.0705 e. The Balaban J connectivity index is 3.31. The predicted molar refractivity (Wildman–Crippen MR) is 56.7 cm³/mol. The van der Waals surface area contributed by atoms with Crippen molar-refractivity contribution in [1.29, 1.82) is 0 Å². The summed E-state index contributed by atoms with van der Waals surface area (Å²) in [5.74, 6) is 1.15. The van der Waals surface area contributed by atoms with Crippen molar-refractivity contribution in [2.75, 3.05) is 18.9 Å². The molecule has 0 saturated heterocycles. The zero-order valence-corrected chi connectivity index (χ0v) is 9.19. The molecule has 3 heteroatoms. The molecular weight excluding hydrogens is 170 g/mol. The molecule has 0 aliphatic heterocycles. The maximum Gasteiger partial charge on any atom is 0.0705 e. The van der Waals surface area contributed by atoms with Crippen molar-refractivity contribution in [3.05, 3.63) is 0 Å². The Bertz CT molecular complexity index is 98.5. The Morgan fingerprint density at radius 2 is 2.08 bits per heavy atom. The molecule has 0 aliphatic rings. The minimum Gasteiger partial charge on any atom is -0.377 e. The summed E-state index contributed by atoms with van der Waals surface area (Å²) < 4.78 is 5.43. The van der Waals surface area contributed by atoms with E-state index in [9.17, 15) is 0 Å². The second-order valence-electron chi connectivity index (χ2n) is 3.02. The molecule has 0 radical (unpaired) electrons. The van der Waals surface area contributed by atoms with Gasteiger partial charge in [0.25, 0.3) is 0 Å². The molecule has 2 nitrogen and oxygen atoms in total. The maximum absolute atomic E-state index is 5.54. The van der Waals surface area contributed by atoms with Crippen LogP contribution >= 0.6 is 11.8 Å². The van der Waals surface area contributed by atoms with Gasteiger partial charge in [0.1, 0.15) is 0 Å². The predicted octanol–water partition coefficient (Wildman–Crippen LogP) is 1.88. The Hall–Kier alpha value is 0.270. The third-order valence-corrected chi connectivity index (χ3v) is 2.69. The lowest BCUT2D eigenvalue weighted by Gasteiger charge is -2.14. The molecule has 0 rings (SSSR count). The minimum absolute atomic E-state index is 0.265. The second-order valence-corrected chi connectivity index (χ2v) is 4.71. The van der Waals surface area contributed by atoms with Gasteiger partial charge in [-0.2, -0.15) is 11.8 Å². The van der Waals surface area contributed by atoms with E-state index >= 15 is 0 Å². The van der Waals surface area contributed by atoms with Crippen LogP contribution in [0.15, 0.2) is 0 Å². The van der Waals surface area contributed by atoms with Gasteiger partial charge in [-0.25, -0.2) is 0 Å². The van der Waals surface area contributed by atoms with E-state index < -0.39 is 0 Å². The van der Waals surface area contributed by atoms with Crippen LogP contribution in [-0.2, 0) is 4.74 Å². The third-order valence-electron chi connectivity index (χ3n) is 1.56. The van der Waals surface area contributed by atoms with Crippen LogP contribution < -0.4 is 5.73 Å². The van der Waals surface area contributed by atoms with Crippen LogP contribution in [0.1, 0.15) is 27.2 Å². The fourth-order valence-corrected chi connectivity index (χ4v) is 1.81. The summed E-state index contributed by atoms with van der Waals surface area (Å²) in [5, 5.41) is 0.713. The first-order valence-corrected chi connectivity index (χ1v) is 5.68. The molecule has 0 aromatic rings. The molecule has 0 aromatic carbocycles. The Morgan fingerprint density at radius 1 is 1.42 bits per heavy atom. The topological polar surface area (TPSA) is 35.2 Å². The van der Waals surface area contributed by atoms with E-state index in [-0.39, 0.29) is 6.10 Å². The Labute approximate surface area is 80.2 Å². The highest BCUT2D eigenvalue weighted by molar-refractivity contribution is 7.99. The van der Waals surface area contributed by atoms with Crippen LogP contribution in [0.3, 0.4) is 0 Å². The lowest BCUT2D eigenvalue weighted by Crippen LogP contribution is -2.24. The van der Waals surface area contributed by atoms with E-state index in [1.165, 1.54) is 0 Å². The summed E-state index contributed by atoms with van der Waals surface area (Å²) in [6, 6.07) is 0. The molecule has 0 fully saturated rings. The summed E-state index contributed by atoms with van der Waals surface area (Å²) in [4.78, 5) is 0. The molecule has 0 amide bonds.